The Kier molecular flexibility index (Phi) is 2.63. The van der Waals surface area contributed by atoms with E-state index in [4.69, 9.17) is 0 Å². The minimum Gasteiger partial charge on any atom is -0.342 e. The van der Waals surface area contributed by atoms with Crippen LogP contribution in [-0.4, -0.2) is 29.2 Å². The number of piperidine rings is 1. The average molecular weight is 246 g/mol. The maximum atomic E-state index is 11.5. The Bertz CT molecular complexity index is 213. The molecule has 1 saturated heterocycles. The monoisotopic (exact) mass is 245 g/mol. The first-order valence-electron chi connectivity index (χ1n) is 5.10. The summed E-state index contributed by atoms with van der Waals surface area (Å²) < 4.78 is 0. The molecule has 3 heteroatoms. The van der Waals surface area contributed by atoms with Gasteiger partial charge in [-0.2, -0.15) is 0 Å². The smallest absolute Gasteiger partial charge is 0.222 e. The highest BCUT2D eigenvalue weighted by Crippen LogP contribution is 2.47. The summed E-state index contributed by atoms with van der Waals surface area (Å²) in [5.41, 5.74) is 0.451. The molecule has 2 rings (SSSR count). The number of nitrogens with zero attached hydrogens (tertiary/aromatic N) is 1. The molecular weight excluding hydrogens is 230 g/mol. The molecule has 0 atom stereocenters. The molecule has 0 unspecified atom stereocenters. The van der Waals surface area contributed by atoms with Gasteiger partial charge in [0.15, 0.2) is 0 Å². The van der Waals surface area contributed by atoms with E-state index in [-0.39, 0.29) is 0 Å². The van der Waals surface area contributed by atoms with Gasteiger partial charge in [0.2, 0.25) is 5.91 Å². The Labute approximate surface area is 87.8 Å². The van der Waals surface area contributed by atoms with Crippen LogP contribution in [0, 0.1) is 5.41 Å². The molecule has 0 spiro atoms. The molecule has 1 amide bonds. The molecule has 0 N–H and O–H groups in total. The number of carbonyl (C=O) groups is 1. The lowest BCUT2D eigenvalue weighted by atomic mass is 10.1. The van der Waals surface area contributed by atoms with Crippen LogP contribution in [0.4, 0.5) is 0 Å². The highest BCUT2D eigenvalue weighted by molar-refractivity contribution is 9.09. The maximum Gasteiger partial charge on any atom is 0.222 e. The Balaban J connectivity index is 1.89. The van der Waals surface area contributed by atoms with E-state index < -0.39 is 0 Å². The van der Waals surface area contributed by atoms with Gasteiger partial charge >= 0.3 is 0 Å². The average Bonchev–Trinajstić information content (AvgIpc) is 2.90. The van der Waals surface area contributed by atoms with Gasteiger partial charge in [0.05, 0.1) is 0 Å². The fourth-order valence-electron chi connectivity index (χ4n) is 1.94. The summed E-state index contributed by atoms with van der Waals surface area (Å²) in [7, 11) is 0. The maximum absolute atomic E-state index is 11.5. The lowest BCUT2D eigenvalue weighted by molar-refractivity contribution is -0.134. The molecule has 2 aliphatic rings. The van der Waals surface area contributed by atoms with Gasteiger partial charge < -0.3 is 4.90 Å². The molecule has 13 heavy (non-hydrogen) atoms. The number of hydrogen-bond acceptors (Lipinski definition) is 1. The van der Waals surface area contributed by atoms with Gasteiger partial charge in [-0.25, -0.2) is 0 Å². The van der Waals surface area contributed by atoms with E-state index in [1.54, 1.807) is 0 Å². The lowest BCUT2D eigenvalue weighted by Gasteiger charge is -2.30. The second-order valence-electron chi connectivity index (χ2n) is 4.41. The van der Waals surface area contributed by atoms with Crippen LogP contribution in [0.5, 0.6) is 0 Å². The molecule has 0 radical (unpaired) electrons. The summed E-state index contributed by atoms with van der Waals surface area (Å²) >= 11 is 3.54. The molecule has 2 nitrogen and oxygen atoms in total. The molecule has 0 aromatic rings. The van der Waals surface area contributed by atoms with Gasteiger partial charge in [-0.3, -0.25) is 4.79 Å². The second kappa shape index (κ2) is 3.60. The van der Waals surface area contributed by atoms with Crippen LogP contribution < -0.4 is 0 Å². The van der Waals surface area contributed by atoms with Crippen molar-refractivity contribution in [3.05, 3.63) is 0 Å². The Morgan fingerprint density at radius 3 is 2.69 bits per heavy atom. The Morgan fingerprint density at radius 1 is 1.38 bits per heavy atom. The van der Waals surface area contributed by atoms with E-state index in [0.29, 0.717) is 11.3 Å². The highest BCUT2D eigenvalue weighted by Gasteiger charge is 2.43. The molecule has 1 saturated carbocycles. The molecule has 0 aromatic heterocycles. The number of amides is 1. The van der Waals surface area contributed by atoms with Crippen molar-refractivity contribution in [1.82, 2.24) is 4.90 Å². The van der Waals surface area contributed by atoms with Crippen molar-refractivity contribution >= 4 is 21.8 Å². The first kappa shape index (κ1) is 9.50. The summed E-state index contributed by atoms with van der Waals surface area (Å²) in [5.74, 6) is 0.374. The molecule has 74 valence electrons. The van der Waals surface area contributed by atoms with Gasteiger partial charge in [0.25, 0.3) is 0 Å². The molecule has 0 aromatic carbocycles. The zero-order valence-corrected chi connectivity index (χ0v) is 9.48. The molecule has 2 fully saturated rings. The Hall–Kier alpha value is -0.0500. The van der Waals surface area contributed by atoms with E-state index in [0.717, 1.165) is 31.3 Å². The highest BCUT2D eigenvalue weighted by atomic mass is 79.9. The number of carbonyl (C=O) groups excluding carboxylic acids is 1. The summed E-state index contributed by atoms with van der Waals surface area (Å²) in [6.07, 6.45) is 5.66. The molecular formula is C10H16BrNO. The quantitative estimate of drug-likeness (QED) is 0.699. The Morgan fingerprint density at radius 2 is 2.15 bits per heavy atom. The number of rotatable bonds is 3. The molecule has 0 bridgehead atoms. The number of halogens is 1. The lowest BCUT2D eigenvalue weighted by Crippen LogP contribution is -2.39. The predicted octanol–water partition coefficient (Wildman–Crippen LogP) is 2.17. The van der Waals surface area contributed by atoms with Gasteiger partial charge in [-0.1, -0.05) is 15.9 Å². The minimum atomic E-state index is 0.374. The summed E-state index contributed by atoms with van der Waals surface area (Å²) in [6, 6.07) is 0. The van der Waals surface area contributed by atoms with Crippen molar-refractivity contribution in [3.8, 4) is 0 Å². The van der Waals surface area contributed by atoms with E-state index in [1.165, 1.54) is 19.3 Å². The molecule has 1 aliphatic carbocycles. The number of alkyl halides is 1. The minimum absolute atomic E-state index is 0.374. The zero-order valence-electron chi connectivity index (χ0n) is 7.89. The largest absolute Gasteiger partial charge is 0.342 e. The van der Waals surface area contributed by atoms with Crippen LogP contribution >= 0.6 is 15.9 Å². The van der Waals surface area contributed by atoms with Gasteiger partial charge in [0, 0.05) is 24.8 Å². The van der Waals surface area contributed by atoms with Crippen molar-refractivity contribution in [3.63, 3.8) is 0 Å². The number of likely N-dealkylation sites (tertiary alicyclic amines) is 1. The van der Waals surface area contributed by atoms with Crippen LogP contribution in [0.15, 0.2) is 0 Å². The van der Waals surface area contributed by atoms with E-state index >= 15 is 0 Å². The van der Waals surface area contributed by atoms with Crippen molar-refractivity contribution in [2.75, 3.05) is 18.4 Å². The van der Waals surface area contributed by atoms with Crippen LogP contribution in [0.1, 0.15) is 32.1 Å². The topological polar surface area (TPSA) is 20.3 Å². The fraction of sp³-hybridized carbons (Fsp3) is 0.900. The standard InChI is InChI=1S/C10H16BrNO/c11-7-10(4-5-10)8-12-6-2-1-3-9(12)13/h1-8H2. The van der Waals surface area contributed by atoms with Crippen LogP contribution in [-0.2, 0) is 4.79 Å². The molecule has 1 heterocycles. The normalized spacial score (nSPS) is 26.2. The number of hydrogen-bond donors (Lipinski definition) is 0. The van der Waals surface area contributed by atoms with Gasteiger partial charge in [-0.05, 0) is 31.1 Å². The second-order valence-corrected chi connectivity index (χ2v) is 4.97. The third kappa shape index (κ3) is 2.06. The zero-order chi connectivity index (χ0) is 9.31. The van der Waals surface area contributed by atoms with Crippen LogP contribution in [0.3, 0.4) is 0 Å². The molecule has 1 aliphatic heterocycles. The SMILES string of the molecule is O=C1CCCCN1CC1(CBr)CC1. The van der Waals surface area contributed by atoms with Gasteiger partial charge in [0.1, 0.15) is 0 Å². The summed E-state index contributed by atoms with van der Waals surface area (Å²) in [4.78, 5) is 13.6. The van der Waals surface area contributed by atoms with Crippen LogP contribution in [0.2, 0.25) is 0 Å². The summed E-state index contributed by atoms with van der Waals surface area (Å²) in [6.45, 7) is 1.99. The third-order valence-corrected chi connectivity index (χ3v) is 4.38. The van der Waals surface area contributed by atoms with E-state index in [1.807, 2.05) is 0 Å². The predicted molar refractivity (Wildman–Crippen MR) is 55.9 cm³/mol. The van der Waals surface area contributed by atoms with Gasteiger partial charge in [-0.15, -0.1) is 0 Å². The van der Waals surface area contributed by atoms with Crippen molar-refractivity contribution in [2.45, 2.75) is 32.1 Å². The first-order valence-corrected chi connectivity index (χ1v) is 6.22. The summed E-state index contributed by atoms with van der Waals surface area (Å²) in [5, 5.41) is 1.06. The third-order valence-electron chi connectivity index (χ3n) is 3.19. The van der Waals surface area contributed by atoms with Crippen molar-refractivity contribution < 1.29 is 4.79 Å². The van der Waals surface area contributed by atoms with Crippen molar-refractivity contribution in [2.24, 2.45) is 5.41 Å². The van der Waals surface area contributed by atoms with E-state index in [2.05, 4.69) is 20.8 Å². The van der Waals surface area contributed by atoms with E-state index in [9.17, 15) is 4.79 Å². The van der Waals surface area contributed by atoms with Crippen molar-refractivity contribution in [1.29, 1.82) is 0 Å². The fourth-order valence-corrected chi connectivity index (χ4v) is 2.68. The first-order chi connectivity index (χ1) is 6.26. The van der Waals surface area contributed by atoms with Crippen LogP contribution in [0.25, 0.3) is 0 Å².